The summed E-state index contributed by atoms with van der Waals surface area (Å²) < 4.78 is 28.7. The minimum Gasteiger partial charge on any atom is -0.235 e. The van der Waals surface area contributed by atoms with Crippen LogP contribution in [-0.2, 0) is 10.0 Å². The summed E-state index contributed by atoms with van der Waals surface area (Å²) in [6.45, 7) is 2.00. The van der Waals surface area contributed by atoms with Crippen molar-refractivity contribution < 1.29 is 8.42 Å². The van der Waals surface area contributed by atoms with E-state index in [1.54, 1.807) is 12.1 Å². The molecule has 4 nitrogen and oxygen atoms in total. The average molecular weight is 425 g/mol. The lowest BCUT2D eigenvalue weighted by molar-refractivity contribution is 0.588. The van der Waals surface area contributed by atoms with Crippen LogP contribution in [0, 0.1) is 6.92 Å². The van der Waals surface area contributed by atoms with Crippen LogP contribution in [0.2, 0.25) is 0 Å². The van der Waals surface area contributed by atoms with E-state index in [1.807, 2.05) is 91.9 Å². The van der Waals surface area contributed by atoms with Gasteiger partial charge in [0.1, 0.15) is 6.33 Å². The molecular weight excluding hydrogens is 404 g/mol. The van der Waals surface area contributed by atoms with Gasteiger partial charge in [0.25, 0.3) is 10.0 Å². The van der Waals surface area contributed by atoms with Crippen molar-refractivity contribution in [2.24, 2.45) is 0 Å². The lowest BCUT2D eigenvalue weighted by Gasteiger charge is -2.12. The smallest absolute Gasteiger partial charge is 0.235 e. The molecule has 0 spiro atoms. The number of aromatic nitrogens is 2. The van der Waals surface area contributed by atoms with Crippen molar-refractivity contribution in [3.8, 4) is 22.5 Å². The van der Waals surface area contributed by atoms with Crippen LogP contribution in [0.5, 0.6) is 0 Å². The molecule has 0 amide bonds. The van der Waals surface area contributed by atoms with Gasteiger partial charge in [-0.3, -0.25) is 0 Å². The number of hydrogen-bond acceptors (Lipinski definition) is 3. The Kier molecular flexibility index (Phi) is 4.68. The molecule has 1 heterocycles. The average Bonchev–Trinajstić information content (AvgIpc) is 3.26. The standard InChI is InChI=1S/C26H20N2O2S/c1-19-12-13-20-14-15-24(17-23(20)16-19)31(29,30)28-18-27-25(21-8-4-2-5-9-21)26(28)22-10-6-3-7-11-22/h2-18H,1H3. The SMILES string of the molecule is Cc1ccc2ccc(S(=O)(=O)n3cnc(-c4ccccc4)c3-c3ccccc3)cc2c1. The predicted molar refractivity (Wildman–Crippen MR) is 124 cm³/mol. The van der Waals surface area contributed by atoms with Gasteiger partial charge in [-0.2, -0.15) is 0 Å². The van der Waals surface area contributed by atoms with E-state index in [0.717, 1.165) is 27.5 Å². The molecule has 5 aromatic rings. The van der Waals surface area contributed by atoms with Crippen molar-refractivity contribution >= 4 is 20.8 Å². The van der Waals surface area contributed by atoms with Crippen molar-refractivity contribution in [1.82, 2.24) is 8.96 Å². The van der Waals surface area contributed by atoms with Crippen LogP contribution in [0.4, 0.5) is 0 Å². The summed E-state index contributed by atoms with van der Waals surface area (Å²) in [5, 5.41) is 1.90. The number of fused-ring (bicyclic) bond motifs is 1. The van der Waals surface area contributed by atoms with Gasteiger partial charge >= 0.3 is 0 Å². The molecule has 0 aliphatic rings. The first kappa shape index (κ1) is 19.3. The van der Waals surface area contributed by atoms with Crippen LogP contribution in [0.15, 0.2) is 108 Å². The summed E-state index contributed by atoms with van der Waals surface area (Å²) in [6.07, 6.45) is 1.40. The molecule has 5 heteroatoms. The highest BCUT2D eigenvalue weighted by Gasteiger charge is 2.25. The lowest BCUT2D eigenvalue weighted by atomic mass is 10.1. The number of benzene rings is 4. The fourth-order valence-electron chi connectivity index (χ4n) is 3.80. The van der Waals surface area contributed by atoms with Gasteiger partial charge in [0.15, 0.2) is 0 Å². The summed E-state index contributed by atoms with van der Waals surface area (Å²) in [7, 11) is -3.86. The highest BCUT2D eigenvalue weighted by molar-refractivity contribution is 7.90. The Hall–Kier alpha value is -3.70. The summed E-state index contributed by atoms with van der Waals surface area (Å²) in [4.78, 5) is 4.75. The highest BCUT2D eigenvalue weighted by atomic mass is 32.2. The van der Waals surface area contributed by atoms with E-state index in [-0.39, 0.29) is 4.90 Å². The van der Waals surface area contributed by atoms with Crippen LogP contribution in [0.3, 0.4) is 0 Å². The fourth-order valence-corrected chi connectivity index (χ4v) is 5.15. The third kappa shape index (κ3) is 3.43. The van der Waals surface area contributed by atoms with Crippen molar-refractivity contribution in [1.29, 1.82) is 0 Å². The molecule has 0 radical (unpaired) electrons. The lowest BCUT2D eigenvalue weighted by Crippen LogP contribution is -2.13. The molecule has 0 bridgehead atoms. The zero-order valence-electron chi connectivity index (χ0n) is 16.9. The predicted octanol–water partition coefficient (Wildman–Crippen LogP) is 5.92. The molecule has 4 aromatic carbocycles. The minimum absolute atomic E-state index is 0.236. The number of aryl methyl sites for hydroxylation is 1. The fraction of sp³-hybridized carbons (Fsp3) is 0.0385. The number of rotatable bonds is 4. The third-order valence-corrected chi connectivity index (χ3v) is 7.00. The van der Waals surface area contributed by atoms with Crippen molar-refractivity contribution in [3.63, 3.8) is 0 Å². The number of imidazole rings is 1. The molecule has 0 fully saturated rings. The molecule has 0 unspecified atom stereocenters. The van der Waals surface area contributed by atoms with Crippen LogP contribution < -0.4 is 0 Å². The first-order valence-electron chi connectivity index (χ1n) is 9.98. The van der Waals surface area contributed by atoms with Crippen molar-refractivity contribution in [2.75, 3.05) is 0 Å². The van der Waals surface area contributed by atoms with E-state index in [1.165, 1.54) is 10.3 Å². The zero-order valence-corrected chi connectivity index (χ0v) is 17.8. The first-order chi connectivity index (χ1) is 15.0. The monoisotopic (exact) mass is 424 g/mol. The Morgan fingerprint density at radius 3 is 2.06 bits per heavy atom. The van der Waals surface area contributed by atoms with Gasteiger partial charge in [-0.05, 0) is 29.8 Å². The summed E-state index contributed by atoms with van der Waals surface area (Å²) in [5.41, 5.74) is 3.92. The van der Waals surface area contributed by atoms with E-state index < -0.39 is 10.0 Å². The van der Waals surface area contributed by atoms with E-state index in [4.69, 9.17) is 0 Å². The second-order valence-electron chi connectivity index (χ2n) is 7.49. The van der Waals surface area contributed by atoms with Crippen LogP contribution >= 0.6 is 0 Å². The molecule has 0 aliphatic carbocycles. The van der Waals surface area contributed by atoms with E-state index in [0.29, 0.717) is 11.4 Å². The normalized spacial score (nSPS) is 11.6. The number of nitrogens with zero attached hydrogens (tertiary/aromatic N) is 2. The molecular formula is C26H20N2O2S. The molecule has 1 aromatic heterocycles. The zero-order chi connectivity index (χ0) is 21.4. The van der Waals surface area contributed by atoms with E-state index in [2.05, 4.69) is 4.98 Å². The van der Waals surface area contributed by atoms with Crippen molar-refractivity contribution in [3.05, 3.63) is 109 Å². The van der Waals surface area contributed by atoms with Gasteiger partial charge in [-0.1, -0.05) is 90.5 Å². The maximum atomic E-state index is 13.7. The maximum absolute atomic E-state index is 13.7. The van der Waals surface area contributed by atoms with Gasteiger partial charge in [0.2, 0.25) is 0 Å². The topological polar surface area (TPSA) is 52.0 Å². The molecule has 31 heavy (non-hydrogen) atoms. The molecule has 0 saturated heterocycles. The van der Waals surface area contributed by atoms with Gasteiger partial charge < -0.3 is 0 Å². The van der Waals surface area contributed by atoms with Gasteiger partial charge in [-0.25, -0.2) is 17.4 Å². The third-order valence-electron chi connectivity index (χ3n) is 5.35. The highest BCUT2D eigenvalue weighted by Crippen LogP contribution is 2.34. The molecule has 0 saturated carbocycles. The van der Waals surface area contributed by atoms with E-state index in [9.17, 15) is 8.42 Å². The quantitative estimate of drug-likeness (QED) is 0.360. The Morgan fingerprint density at radius 1 is 0.710 bits per heavy atom. The Balaban J connectivity index is 1.74. The first-order valence-corrected chi connectivity index (χ1v) is 11.4. The Bertz CT molecular complexity index is 1490. The Labute approximate surface area is 181 Å². The largest absolute Gasteiger partial charge is 0.269 e. The van der Waals surface area contributed by atoms with Crippen LogP contribution in [-0.4, -0.2) is 17.4 Å². The molecule has 5 rings (SSSR count). The maximum Gasteiger partial charge on any atom is 0.269 e. The molecule has 0 atom stereocenters. The Morgan fingerprint density at radius 2 is 1.35 bits per heavy atom. The van der Waals surface area contributed by atoms with E-state index >= 15 is 0 Å². The summed E-state index contributed by atoms with van der Waals surface area (Å²) in [5.74, 6) is 0. The van der Waals surface area contributed by atoms with Crippen molar-refractivity contribution in [2.45, 2.75) is 11.8 Å². The molecule has 0 N–H and O–H groups in total. The second-order valence-corrected chi connectivity index (χ2v) is 9.30. The number of hydrogen-bond donors (Lipinski definition) is 0. The summed E-state index contributed by atoms with van der Waals surface area (Å²) in [6, 6.07) is 30.4. The van der Waals surface area contributed by atoms with Gasteiger partial charge in [0.05, 0.1) is 16.3 Å². The molecule has 152 valence electrons. The second kappa shape index (κ2) is 7.52. The van der Waals surface area contributed by atoms with Crippen LogP contribution in [0.1, 0.15) is 5.56 Å². The molecule has 0 aliphatic heterocycles. The van der Waals surface area contributed by atoms with Gasteiger partial charge in [-0.15, -0.1) is 0 Å². The summed E-state index contributed by atoms with van der Waals surface area (Å²) >= 11 is 0. The van der Waals surface area contributed by atoms with Gasteiger partial charge in [0, 0.05) is 11.1 Å². The minimum atomic E-state index is -3.86. The van der Waals surface area contributed by atoms with Crippen LogP contribution in [0.25, 0.3) is 33.3 Å².